The largest absolute Gasteiger partial charge is 0.481 e. The number of hydrogen-bond donors (Lipinski definition) is 3. The molecule has 12 heteroatoms. The number of sulfonamides is 1. The van der Waals surface area contributed by atoms with Crippen LogP contribution in [-0.4, -0.2) is 48.9 Å². The van der Waals surface area contributed by atoms with E-state index in [1.54, 1.807) is 11.0 Å². The third-order valence-electron chi connectivity index (χ3n) is 2.96. The maximum atomic E-state index is 12.3. The Balaban J connectivity index is 2.23. The lowest BCUT2D eigenvalue weighted by atomic mass is 10.2. The predicted octanol–water partition coefficient (Wildman–Crippen LogP) is 1.42. The first-order chi connectivity index (χ1) is 12.3. The second kappa shape index (κ2) is 8.01. The standard InChI is InChI=1S/C14H14N4O6S2/c1-24-10-7-11(25-2)16-13(15-10)17-14(21)18-26(22,23)9-6-4-3-5-8(9)12(19)20/h3-7H,1-2H3,(H,19,20)(H2,15,16,17,18,21). The fraction of sp³-hybridized carbons (Fsp3) is 0.143. The van der Waals surface area contributed by atoms with E-state index in [-0.39, 0.29) is 11.8 Å². The van der Waals surface area contributed by atoms with Gasteiger partial charge in [-0.05, 0) is 18.4 Å². The number of urea groups is 1. The summed E-state index contributed by atoms with van der Waals surface area (Å²) < 4.78 is 31.3. The van der Waals surface area contributed by atoms with Crippen molar-refractivity contribution in [2.75, 3.05) is 18.7 Å². The summed E-state index contributed by atoms with van der Waals surface area (Å²) in [5, 5.41) is 11.8. The van der Waals surface area contributed by atoms with E-state index in [1.165, 1.54) is 37.1 Å². The number of hydrogen-bond acceptors (Lipinski definition) is 8. The molecule has 1 aromatic carbocycles. The maximum absolute atomic E-state index is 12.3. The molecule has 26 heavy (non-hydrogen) atoms. The van der Waals surface area contributed by atoms with Gasteiger partial charge in [0.1, 0.15) is 9.92 Å². The van der Waals surface area contributed by atoms with Gasteiger partial charge in [0.15, 0.2) is 0 Å². The molecule has 2 amide bonds. The smallest absolute Gasteiger partial charge is 0.337 e. The molecule has 0 spiro atoms. The van der Waals surface area contributed by atoms with E-state index in [0.717, 1.165) is 12.1 Å². The van der Waals surface area contributed by atoms with Crippen LogP contribution >= 0.6 is 11.8 Å². The number of methoxy groups -OCH3 is 1. The van der Waals surface area contributed by atoms with Gasteiger partial charge in [-0.3, -0.25) is 5.32 Å². The van der Waals surface area contributed by atoms with Gasteiger partial charge < -0.3 is 9.84 Å². The monoisotopic (exact) mass is 398 g/mol. The Morgan fingerprint density at radius 3 is 2.54 bits per heavy atom. The number of benzene rings is 1. The van der Waals surface area contributed by atoms with Gasteiger partial charge in [0.25, 0.3) is 10.0 Å². The number of carboxylic acid groups (broad SMARTS) is 1. The lowest BCUT2D eigenvalue weighted by Crippen LogP contribution is -2.35. The van der Waals surface area contributed by atoms with Gasteiger partial charge >= 0.3 is 12.0 Å². The van der Waals surface area contributed by atoms with Crippen molar-refractivity contribution >= 4 is 39.7 Å². The van der Waals surface area contributed by atoms with Crippen molar-refractivity contribution in [1.29, 1.82) is 0 Å². The molecule has 1 heterocycles. The van der Waals surface area contributed by atoms with Gasteiger partial charge in [-0.15, -0.1) is 11.8 Å². The van der Waals surface area contributed by atoms with E-state index in [1.807, 2.05) is 0 Å². The zero-order chi connectivity index (χ0) is 19.3. The number of carbonyl (C=O) groups is 2. The van der Waals surface area contributed by atoms with Crippen molar-refractivity contribution in [3.05, 3.63) is 35.9 Å². The normalized spacial score (nSPS) is 10.8. The van der Waals surface area contributed by atoms with Gasteiger partial charge in [0, 0.05) is 6.07 Å². The van der Waals surface area contributed by atoms with Crippen molar-refractivity contribution in [3.63, 3.8) is 0 Å². The predicted molar refractivity (Wildman–Crippen MR) is 93.1 cm³/mol. The summed E-state index contributed by atoms with van der Waals surface area (Å²) >= 11 is 1.27. The molecular formula is C14H14N4O6S2. The molecule has 0 unspecified atom stereocenters. The molecule has 138 valence electrons. The van der Waals surface area contributed by atoms with Crippen LogP contribution in [-0.2, 0) is 10.0 Å². The van der Waals surface area contributed by atoms with Crippen LogP contribution in [0.1, 0.15) is 10.4 Å². The number of amides is 2. The van der Waals surface area contributed by atoms with E-state index < -0.39 is 32.5 Å². The van der Waals surface area contributed by atoms with E-state index >= 15 is 0 Å². The fourth-order valence-corrected chi connectivity index (χ4v) is 3.35. The number of aromatic carboxylic acids is 1. The number of nitrogens with zero attached hydrogens (tertiary/aromatic N) is 2. The summed E-state index contributed by atoms with van der Waals surface area (Å²) in [6.45, 7) is 0. The van der Waals surface area contributed by atoms with Crippen molar-refractivity contribution in [3.8, 4) is 5.88 Å². The molecule has 2 rings (SSSR count). The average Bonchev–Trinajstić information content (AvgIpc) is 2.60. The highest BCUT2D eigenvalue weighted by molar-refractivity contribution is 7.98. The number of rotatable bonds is 6. The highest BCUT2D eigenvalue weighted by atomic mass is 32.2. The van der Waals surface area contributed by atoms with Crippen LogP contribution in [0, 0.1) is 0 Å². The van der Waals surface area contributed by atoms with Crippen LogP contribution in [0.4, 0.5) is 10.7 Å². The Morgan fingerprint density at radius 2 is 1.92 bits per heavy atom. The zero-order valence-corrected chi connectivity index (χ0v) is 15.2. The number of ether oxygens (including phenoxy) is 1. The minimum absolute atomic E-state index is 0.173. The molecule has 3 N–H and O–H groups in total. The van der Waals surface area contributed by atoms with Crippen molar-refractivity contribution < 1.29 is 27.9 Å². The first-order valence-electron chi connectivity index (χ1n) is 6.90. The lowest BCUT2D eigenvalue weighted by Gasteiger charge is -2.10. The Bertz CT molecular complexity index is 926. The third-order valence-corrected chi connectivity index (χ3v) is 4.97. The van der Waals surface area contributed by atoms with E-state index in [0.29, 0.717) is 5.03 Å². The molecule has 0 bridgehead atoms. The van der Waals surface area contributed by atoms with Crippen molar-refractivity contribution in [1.82, 2.24) is 14.7 Å². The minimum Gasteiger partial charge on any atom is -0.481 e. The third kappa shape index (κ3) is 4.61. The first-order valence-corrected chi connectivity index (χ1v) is 9.61. The molecule has 1 aromatic heterocycles. The number of thioether (sulfide) groups is 1. The molecule has 0 radical (unpaired) electrons. The number of aromatic nitrogens is 2. The molecule has 0 saturated heterocycles. The van der Waals surface area contributed by atoms with Crippen LogP contribution in [0.2, 0.25) is 0 Å². The topological polar surface area (TPSA) is 148 Å². The van der Waals surface area contributed by atoms with Gasteiger partial charge in [-0.1, -0.05) is 12.1 Å². The highest BCUT2D eigenvalue weighted by Gasteiger charge is 2.24. The average molecular weight is 398 g/mol. The highest BCUT2D eigenvalue weighted by Crippen LogP contribution is 2.19. The summed E-state index contributed by atoms with van der Waals surface area (Å²) in [6, 6.07) is 5.29. The summed E-state index contributed by atoms with van der Waals surface area (Å²) in [5.41, 5.74) is -0.463. The number of anilines is 1. The van der Waals surface area contributed by atoms with Crippen LogP contribution in [0.3, 0.4) is 0 Å². The Morgan fingerprint density at radius 1 is 1.23 bits per heavy atom. The van der Waals surface area contributed by atoms with Gasteiger partial charge in [-0.25, -0.2) is 27.7 Å². The molecule has 2 aromatic rings. The van der Waals surface area contributed by atoms with Crippen LogP contribution in [0.5, 0.6) is 5.88 Å². The lowest BCUT2D eigenvalue weighted by molar-refractivity contribution is 0.0692. The van der Waals surface area contributed by atoms with Crippen LogP contribution in [0.15, 0.2) is 40.3 Å². The second-order valence-corrected chi connectivity index (χ2v) is 7.11. The molecule has 0 aliphatic heterocycles. The summed E-state index contributed by atoms with van der Waals surface area (Å²) in [6.07, 6.45) is 1.75. The molecular weight excluding hydrogens is 384 g/mol. The second-order valence-electron chi connectivity index (χ2n) is 4.64. The molecule has 0 aliphatic rings. The van der Waals surface area contributed by atoms with Crippen molar-refractivity contribution in [2.24, 2.45) is 0 Å². The van der Waals surface area contributed by atoms with Crippen LogP contribution in [0.25, 0.3) is 0 Å². The summed E-state index contributed by atoms with van der Waals surface area (Å²) in [4.78, 5) is 30.5. The number of nitrogens with one attached hydrogen (secondary N) is 2. The Kier molecular flexibility index (Phi) is 6.00. The van der Waals surface area contributed by atoms with Crippen molar-refractivity contribution in [2.45, 2.75) is 9.92 Å². The van der Waals surface area contributed by atoms with Gasteiger partial charge in [0.2, 0.25) is 11.8 Å². The van der Waals surface area contributed by atoms with E-state index in [4.69, 9.17) is 9.84 Å². The van der Waals surface area contributed by atoms with Gasteiger partial charge in [0.05, 0.1) is 12.7 Å². The Labute approximate surface area is 153 Å². The molecule has 0 atom stereocenters. The molecule has 0 saturated carbocycles. The molecule has 10 nitrogen and oxygen atoms in total. The molecule has 0 fully saturated rings. The number of carboxylic acids is 1. The zero-order valence-electron chi connectivity index (χ0n) is 13.6. The summed E-state index contributed by atoms with van der Waals surface area (Å²) in [5.74, 6) is -1.43. The number of carbonyl (C=O) groups excluding carboxylic acids is 1. The SMILES string of the molecule is COc1cc(SC)nc(NC(=O)NS(=O)(=O)c2ccccc2C(=O)O)n1. The molecule has 0 aliphatic carbocycles. The van der Waals surface area contributed by atoms with Crippen LogP contribution < -0.4 is 14.8 Å². The van der Waals surface area contributed by atoms with Gasteiger partial charge in [-0.2, -0.15) is 4.98 Å². The minimum atomic E-state index is -4.42. The summed E-state index contributed by atoms with van der Waals surface area (Å²) in [7, 11) is -3.04. The van der Waals surface area contributed by atoms with E-state index in [9.17, 15) is 18.0 Å². The Hall–Kier alpha value is -2.86. The maximum Gasteiger partial charge on any atom is 0.337 e. The fourth-order valence-electron chi connectivity index (χ4n) is 1.85. The van der Waals surface area contributed by atoms with E-state index in [2.05, 4.69) is 15.3 Å². The quantitative estimate of drug-likeness (QED) is 0.485. The first kappa shape index (κ1) is 19.5.